The number of carbonyl (C=O) groups excluding carboxylic acids is 3. The molecule has 27 heavy (non-hydrogen) atoms. The molecule has 154 valence electrons. The Morgan fingerprint density at radius 3 is 2.37 bits per heavy atom. The Hall–Kier alpha value is -1.04. The van der Waals surface area contributed by atoms with Gasteiger partial charge in [-0.3, -0.25) is 19.3 Å². The van der Waals surface area contributed by atoms with Crippen LogP contribution in [0, 0.1) is 16.7 Å². The quantitative estimate of drug-likeness (QED) is 0.721. The summed E-state index contributed by atoms with van der Waals surface area (Å²) < 4.78 is 0. The lowest BCUT2D eigenvalue weighted by molar-refractivity contribution is -0.143. The standard InChI is InChI=1S/C21H36N2O3S/c1-20(2,3)12-22-18(25)14-8-7-9-15(10-14)23-17(24)11-16(19(23)26)27-13-21(4,5)6/h14-16H,7-13H2,1-6H3,(H,22,25). The highest BCUT2D eigenvalue weighted by atomic mass is 32.2. The van der Waals surface area contributed by atoms with Crippen LogP contribution in [-0.4, -0.2) is 46.2 Å². The number of hydrogen-bond donors (Lipinski definition) is 1. The molecule has 3 atom stereocenters. The number of nitrogens with one attached hydrogen (secondary N) is 1. The van der Waals surface area contributed by atoms with Crippen molar-refractivity contribution in [1.29, 1.82) is 0 Å². The van der Waals surface area contributed by atoms with Crippen LogP contribution in [0.1, 0.15) is 73.6 Å². The van der Waals surface area contributed by atoms with E-state index in [9.17, 15) is 14.4 Å². The van der Waals surface area contributed by atoms with E-state index >= 15 is 0 Å². The van der Waals surface area contributed by atoms with E-state index in [0.717, 1.165) is 25.0 Å². The molecule has 0 bridgehead atoms. The van der Waals surface area contributed by atoms with Crippen LogP contribution in [0.5, 0.6) is 0 Å². The summed E-state index contributed by atoms with van der Waals surface area (Å²) in [7, 11) is 0. The molecule has 0 spiro atoms. The minimum atomic E-state index is -0.258. The SMILES string of the molecule is CC(C)(C)CNC(=O)C1CCCC(N2C(=O)CC(SCC(C)(C)C)C2=O)C1. The van der Waals surface area contributed by atoms with E-state index in [0.29, 0.717) is 19.4 Å². The lowest BCUT2D eigenvalue weighted by Gasteiger charge is -2.34. The number of nitrogens with zero attached hydrogens (tertiary/aromatic N) is 1. The molecule has 5 nitrogen and oxygen atoms in total. The number of carbonyl (C=O) groups is 3. The van der Waals surface area contributed by atoms with Gasteiger partial charge in [0, 0.05) is 24.9 Å². The molecule has 0 radical (unpaired) electrons. The van der Waals surface area contributed by atoms with Crippen LogP contribution in [0.2, 0.25) is 0 Å². The van der Waals surface area contributed by atoms with Gasteiger partial charge in [-0.05, 0) is 35.8 Å². The molecule has 1 N–H and O–H groups in total. The van der Waals surface area contributed by atoms with Gasteiger partial charge in [0.2, 0.25) is 17.7 Å². The third-order valence-corrected chi connectivity index (χ3v) is 6.84. The van der Waals surface area contributed by atoms with Gasteiger partial charge in [0.15, 0.2) is 0 Å². The first-order valence-corrected chi connectivity index (χ1v) is 11.2. The normalized spacial score (nSPS) is 27.2. The van der Waals surface area contributed by atoms with Crippen molar-refractivity contribution in [3.63, 3.8) is 0 Å². The predicted molar refractivity (Wildman–Crippen MR) is 110 cm³/mol. The van der Waals surface area contributed by atoms with Crippen LogP contribution < -0.4 is 5.32 Å². The second kappa shape index (κ2) is 8.54. The maximum absolute atomic E-state index is 12.8. The molecular weight excluding hydrogens is 360 g/mol. The van der Waals surface area contributed by atoms with Crippen LogP contribution >= 0.6 is 11.8 Å². The molecule has 2 fully saturated rings. The van der Waals surface area contributed by atoms with Crippen LogP contribution in [0.15, 0.2) is 0 Å². The van der Waals surface area contributed by atoms with E-state index in [-0.39, 0.29) is 45.8 Å². The fourth-order valence-electron chi connectivity index (χ4n) is 3.62. The first-order valence-electron chi connectivity index (χ1n) is 10.1. The van der Waals surface area contributed by atoms with Crippen LogP contribution in [0.25, 0.3) is 0 Å². The van der Waals surface area contributed by atoms with Crippen LogP contribution in [0.4, 0.5) is 0 Å². The summed E-state index contributed by atoms with van der Waals surface area (Å²) in [6.07, 6.45) is 3.44. The molecule has 1 aliphatic carbocycles. The monoisotopic (exact) mass is 396 g/mol. The molecule has 6 heteroatoms. The highest BCUT2D eigenvalue weighted by Gasteiger charge is 2.44. The largest absolute Gasteiger partial charge is 0.355 e. The average Bonchev–Trinajstić information content (AvgIpc) is 2.83. The molecule has 0 aromatic rings. The van der Waals surface area contributed by atoms with Crippen molar-refractivity contribution >= 4 is 29.5 Å². The minimum absolute atomic E-state index is 0.0438. The first-order chi connectivity index (χ1) is 12.4. The number of likely N-dealkylation sites (tertiary alicyclic amines) is 1. The summed E-state index contributed by atoms with van der Waals surface area (Å²) in [5.74, 6) is 0.704. The van der Waals surface area contributed by atoms with Gasteiger partial charge < -0.3 is 5.32 Å². The van der Waals surface area contributed by atoms with E-state index in [4.69, 9.17) is 0 Å². The summed E-state index contributed by atoms with van der Waals surface area (Å²) in [5, 5.41) is 2.78. The van der Waals surface area contributed by atoms with E-state index in [1.807, 2.05) is 0 Å². The minimum Gasteiger partial charge on any atom is -0.355 e. The zero-order valence-corrected chi connectivity index (χ0v) is 18.6. The van der Waals surface area contributed by atoms with Crippen LogP contribution in [0.3, 0.4) is 0 Å². The Morgan fingerprint density at radius 1 is 1.11 bits per heavy atom. The number of imide groups is 1. The Bertz CT molecular complexity index is 577. The predicted octanol–water partition coefficient (Wildman–Crippen LogP) is 3.61. The van der Waals surface area contributed by atoms with Gasteiger partial charge >= 0.3 is 0 Å². The molecular formula is C21H36N2O3S. The second-order valence-electron chi connectivity index (χ2n) is 10.5. The highest BCUT2D eigenvalue weighted by Crippen LogP contribution is 2.35. The molecule has 1 saturated carbocycles. The summed E-state index contributed by atoms with van der Waals surface area (Å²) in [4.78, 5) is 39.4. The van der Waals surface area contributed by atoms with Crippen molar-refractivity contribution in [2.75, 3.05) is 12.3 Å². The average molecular weight is 397 g/mol. The fraction of sp³-hybridized carbons (Fsp3) is 0.857. The van der Waals surface area contributed by atoms with Crippen molar-refractivity contribution in [1.82, 2.24) is 10.2 Å². The van der Waals surface area contributed by atoms with Crippen molar-refractivity contribution in [2.45, 2.75) is 84.9 Å². The summed E-state index contributed by atoms with van der Waals surface area (Å²) in [6.45, 7) is 13.3. The van der Waals surface area contributed by atoms with Gasteiger partial charge in [-0.25, -0.2) is 0 Å². The van der Waals surface area contributed by atoms with E-state index in [1.54, 1.807) is 11.8 Å². The molecule has 1 heterocycles. The Balaban J connectivity index is 1.95. The molecule has 0 aromatic carbocycles. The van der Waals surface area contributed by atoms with E-state index < -0.39 is 0 Å². The van der Waals surface area contributed by atoms with Gasteiger partial charge in [0.25, 0.3) is 0 Å². The topological polar surface area (TPSA) is 66.5 Å². The van der Waals surface area contributed by atoms with Gasteiger partial charge in [-0.15, -0.1) is 11.8 Å². The van der Waals surface area contributed by atoms with Gasteiger partial charge in [-0.2, -0.15) is 0 Å². The molecule has 2 aliphatic rings. The molecule has 3 unspecified atom stereocenters. The van der Waals surface area contributed by atoms with Crippen LogP contribution in [-0.2, 0) is 14.4 Å². The lowest BCUT2D eigenvalue weighted by Crippen LogP contribution is -2.46. The number of rotatable bonds is 5. The first kappa shape index (κ1) is 22.3. The number of thioether (sulfide) groups is 1. The van der Waals surface area contributed by atoms with Crippen molar-refractivity contribution in [2.24, 2.45) is 16.7 Å². The molecule has 3 amide bonds. The number of hydrogen-bond acceptors (Lipinski definition) is 4. The third kappa shape index (κ3) is 6.51. The summed E-state index contributed by atoms with van der Waals surface area (Å²) >= 11 is 1.60. The smallest absolute Gasteiger partial charge is 0.243 e. The lowest BCUT2D eigenvalue weighted by atomic mass is 9.84. The third-order valence-electron chi connectivity index (χ3n) is 5.03. The molecule has 1 saturated heterocycles. The Morgan fingerprint density at radius 2 is 1.78 bits per heavy atom. The summed E-state index contributed by atoms with van der Waals surface area (Å²) in [6, 6.07) is -0.121. The van der Waals surface area contributed by atoms with Crippen molar-refractivity contribution in [3.05, 3.63) is 0 Å². The van der Waals surface area contributed by atoms with Gasteiger partial charge in [0.05, 0.1) is 5.25 Å². The summed E-state index contributed by atoms with van der Waals surface area (Å²) in [5.41, 5.74) is 0.171. The maximum atomic E-state index is 12.8. The Kier molecular flexibility index (Phi) is 7.04. The van der Waals surface area contributed by atoms with E-state index in [2.05, 4.69) is 46.9 Å². The molecule has 0 aromatic heterocycles. The zero-order valence-electron chi connectivity index (χ0n) is 17.8. The van der Waals surface area contributed by atoms with E-state index in [1.165, 1.54) is 4.90 Å². The van der Waals surface area contributed by atoms with Gasteiger partial charge in [-0.1, -0.05) is 48.0 Å². The van der Waals surface area contributed by atoms with Crippen molar-refractivity contribution in [3.8, 4) is 0 Å². The van der Waals surface area contributed by atoms with Gasteiger partial charge in [0.1, 0.15) is 0 Å². The molecule has 1 aliphatic heterocycles. The molecule has 2 rings (SSSR count). The van der Waals surface area contributed by atoms with Crippen molar-refractivity contribution < 1.29 is 14.4 Å². The maximum Gasteiger partial charge on any atom is 0.243 e. The zero-order chi connectivity index (χ0) is 20.4. The number of amides is 3. The Labute approximate surface area is 168 Å². The fourth-order valence-corrected chi connectivity index (χ4v) is 4.84. The second-order valence-corrected chi connectivity index (χ2v) is 11.7. The highest BCUT2D eigenvalue weighted by molar-refractivity contribution is 8.00.